The molecule has 1 aromatic carbocycles. The highest BCUT2D eigenvalue weighted by atomic mass is 32.2. The molecule has 1 aliphatic carbocycles. The summed E-state index contributed by atoms with van der Waals surface area (Å²) in [5, 5.41) is 0. The van der Waals surface area contributed by atoms with Crippen LogP contribution in [0.1, 0.15) is 32.1 Å². The number of carbonyl (C=O) groups excluding carboxylic acids is 1. The molecule has 2 N–H and O–H groups in total. The van der Waals surface area contributed by atoms with Crippen LogP contribution >= 0.6 is 11.3 Å². The van der Waals surface area contributed by atoms with Crippen molar-refractivity contribution in [3.05, 3.63) is 51.2 Å². The van der Waals surface area contributed by atoms with Gasteiger partial charge >= 0.3 is 6.18 Å². The second kappa shape index (κ2) is 6.43. The van der Waals surface area contributed by atoms with Gasteiger partial charge in [0.25, 0.3) is 15.9 Å². The molecule has 5 nitrogen and oxygen atoms in total. The van der Waals surface area contributed by atoms with Crippen LogP contribution in [0.3, 0.4) is 0 Å². The monoisotopic (exact) mass is 390 g/mol. The highest BCUT2D eigenvalue weighted by molar-refractivity contribution is 7.89. The van der Waals surface area contributed by atoms with Crippen LogP contribution in [0.5, 0.6) is 0 Å². The molecule has 0 fully saturated rings. The molecule has 0 bridgehead atoms. The van der Waals surface area contributed by atoms with E-state index in [1.807, 2.05) is 5.43 Å². The molecule has 25 heavy (non-hydrogen) atoms. The molecule has 0 unspecified atom stereocenters. The summed E-state index contributed by atoms with van der Waals surface area (Å²) in [7, 11) is -4.57. The molecule has 0 saturated carbocycles. The van der Waals surface area contributed by atoms with E-state index in [2.05, 4.69) is 0 Å². The van der Waals surface area contributed by atoms with Crippen LogP contribution in [-0.2, 0) is 29.0 Å². The second-order valence-corrected chi connectivity index (χ2v) is 8.25. The van der Waals surface area contributed by atoms with Crippen LogP contribution in [0, 0.1) is 0 Å². The summed E-state index contributed by atoms with van der Waals surface area (Å²) in [6, 6.07) is 5.44. The van der Waals surface area contributed by atoms with Crippen LogP contribution in [0.4, 0.5) is 13.2 Å². The normalized spacial score (nSPS) is 14.4. The van der Waals surface area contributed by atoms with E-state index < -0.39 is 32.6 Å². The van der Waals surface area contributed by atoms with Gasteiger partial charge in [-0.25, -0.2) is 8.42 Å². The third-order valence-electron chi connectivity index (χ3n) is 3.75. The van der Waals surface area contributed by atoms with Gasteiger partial charge in [-0.1, -0.05) is 12.1 Å². The fourth-order valence-corrected chi connectivity index (χ4v) is 4.82. The molecule has 134 valence electrons. The van der Waals surface area contributed by atoms with E-state index in [1.165, 1.54) is 17.4 Å². The maximum Gasteiger partial charge on any atom is 0.417 e. The van der Waals surface area contributed by atoms with Gasteiger partial charge in [-0.05, 0) is 43.0 Å². The number of hydrogen-bond donors (Lipinski definition) is 2. The first kappa shape index (κ1) is 17.9. The minimum absolute atomic E-state index is 0.316. The molecule has 0 saturated heterocycles. The quantitative estimate of drug-likeness (QED) is 0.789. The number of amides is 1. The Kier molecular flexibility index (Phi) is 4.60. The number of benzene rings is 1. The Morgan fingerprint density at radius 1 is 1.16 bits per heavy atom. The Morgan fingerprint density at radius 3 is 2.56 bits per heavy atom. The van der Waals surface area contributed by atoms with E-state index in [-0.39, 0.29) is 0 Å². The summed E-state index contributed by atoms with van der Waals surface area (Å²) >= 11 is 1.26. The van der Waals surface area contributed by atoms with Crippen molar-refractivity contribution in [1.82, 2.24) is 10.3 Å². The van der Waals surface area contributed by atoms with E-state index in [1.54, 1.807) is 10.9 Å². The number of sulfonamides is 1. The lowest BCUT2D eigenvalue weighted by Gasteiger charge is -2.13. The van der Waals surface area contributed by atoms with Gasteiger partial charge in [0.15, 0.2) is 0 Å². The summed E-state index contributed by atoms with van der Waals surface area (Å²) in [5.74, 6) is -0.701. The summed E-state index contributed by atoms with van der Waals surface area (Å²) < 4.78 is 63.2. The highest BCUT2D eigenvalue weighted by Gasteiger charge is 2.37. The summed E-state index contributed by atoms with van der Waals surface area (Å²) in [6.07, 6.45) is -2.07. The number of alkyl halides is 3. The molecule has 0 atom stereocenters. The fraction of sp³-hybridized carbons (Fsp3) is 0.267. The van der Waals surface area contributed by atoms with E-state index in [9.17, 15) is 26.4 Å². The molecule has 0 spiro atoms. The average Bonchev–Trinajstić information content (AvgIpc) is 3.13. The molecule has 10 heteroatoms. The predicted octanol–water partition coefficient (Wildman–Crippen LogP) is 2.88. The first-order chi connectivity index (χ1) is 11.7. The van der Waals surface area contributed by atoms with Crippen LogP contribution < -0.4 is 10.3 Å². The standard InChI is InChI=1S/C15H13F3N2O3S2/c16-15(17,18)10-5-1-2-7-13(10)25(22,23)20-19-14(21)12-8-9-4-3-6-11(9)24-12/h1-2,5,7-8,20H,3-4,6H2,(H,19,21). The van der Waals surface area contributed by atoms with Crippen LogP contribution in [-0.4, -0.2) is 14.3 Å². The number of carbonyl (C=O) groups is 1. The summed E-state index contributed by atoms with van der Waals surface area (Å²) in [5.41, 5.74) is 1.73. The minimum Gasteiger partial charge on any atom is -0.273 e. The number of hydrogen-bond acceptors (Lipinski definition) is 4. The largest absolute Gasteiger partial charge is 0.417 e. The third kappa shape index (κ3) is 3.70. The van der Waals surface area contributed by atoms with Crippen LogP contribution in [0.15, 0.2) is 35.2 Å². The first-order valence-corrected chi connectivity index (χ1v) is 9.58. The molecule has 0 aliphatic heterocycles. The van der Waals surface area contributed by atoms with Gasteiger partial charge in [0, 0.05) is 4.88 Å². The van der Waals surface area contributed by atoms with Crippen molar-refractivity contribution >= 4 is 27.3 Å². The van der Waals surface area contributed by atoms with Gasteiger partial charge in [0.2, 0.25) is 0 Å². The Balaban J connectivity index is 1.77. The number of rotatable bonds is 4. The summed E-state index contributed by atoms with van der Waals surface area (Å²) in [4.78, 5) is 14.2. The van der Waals surface area contributed by atoms with Gasteiger partial charge in [-0.2, -0.15) is 13.2 Å². The lowest BCUT2D eigenvalue weighted by molar-refractivity contribution is -0.139. The zero-order valence-corrected chi connectivity index (χ0v) is 14.3. The van der Waals surface area contributed by atoms with E-state index in [0.717, 1.165) is 41.8 Å². The maximum atomic E-state index is 13.0. The molecule has 1 aromatic heterocycles. The highest BCUT2D eigenvalue weighted by Crippen LogP contribution is 2.34. The van der Waals surface area contributed by atoms with Crippen molar-refractivity contribution in [3.63, 3.8) is 0 Å². The maximum absolute atomic E-state index is 13.0. The molecule has 1 amide bonds. The molecule has 1 heterocycles. The fourth-order valence-electron chi connectivity index (χ4n) is 2.61. The Labute approximate surface area is 145 Å². The smallest absolute Gasteiger partial charge is 0.273 e. The zero-order valence-electron chi connectivity index (χ0n) is 12.7. The number of fused-ring (bicyclic) bond motifs is 1. The van der Waals surface area contributed by atoms with Gasteiger partial charge in [-0.15, -0.1) is 16.2 Å². The van der Waals surface area contributed by atoms with E-state index >= 15 is 0 Å². The number of halogens is 3. The van der Waals surface area contributed by atoms with Gasteiger partial charge < -0.3 is 0 Å². The van der Waals surface area contributed by atoms with E-state index in [4.69, 9.17) is 0 Å². The molecule has 1 aliphatic rings. The minimum atomic E-state index is -4.83. The summed E-state index contributed by atoms with van der Waals surface area (Å²) in [6.45, 7) is 0. The Bertz CT molecular complexity index is 899. The van der Waals surface area contributed by atoms with E-state index in [0.29, 0.717) is 10.9 Å². The average molecular weight is 390 g/mol. The van der Waals surface area contributed by atoms with Crippen molar-refractivity contribution < 1.29 is 26.4 Å². The van der Waals surface area contributed by atoms with Crippen molar-refractivity contribution in [2.45, 2.75) is 30.3 Å². The molecule has 0 radical (unpaired) electrons. The van der Waals surface area contributed by atoms with Gasteiger partial charge in [0.05, 0.1) is 15.3 Å². The van der Waals surface area contributed by atoms with Gasteiger partial charge in [0.1, 0.15) is 0 Å². The van der Waals surface area contributed by atoms with Crippen molar-refractivity contribution in [3.8, 4) is 0 Å². The topological polar surface area (TPSA) is 75.3 Å². The zero-order chi connectivity index (χ0) is 18.2. The second-order valence-electron chi connectivity index (χ2n) is 5.47. The molecular formula is C15H13F3N2O3S2. The first-order valence-electron chi connectivity index (χ1n) is 7.28. The Hall–Kier alpha value is -1.91. The number of hydrazine groups is 1. The van der Waals surface area contributed by atoms with Gasteiger partial charge in [-0.3, -0.25) is 10.2 Å². The number of nitrogens with one attached hydrogen (secondary N) is 2. The van der Waals surface area contributed by atoms with Crippen molar-refractivity contribution in [1.29, 1.82) is 0 Å². The lowest BCUT2D eigenvalue weighted by Crippen LogP contribution is -2.41. The SMILES string of the molecule is O=C(NNS(=O)(=O)c1ccccc1C(F)(F)F)c1cc2c(s1)CCC2. The van der Waals surface area contributed by atoms with Crippen LogP contribution in [0.2, 0.25) is 0 Å². The van der Waals surface area contributed by atoms with Crippen molar-refractivity contribution in [2.24, 2.45) is 0 Å². The molecule has 2 aromatic rings. The van der Waals surface area contributed by atoms with Crippen LogP contribution in [0.25, 0.3) is 0 Å². The van der Waals surface area contributed by atoms with Crippen molar-refractivity contribution in [2.75, 3.05) is 0 Å². The number of thiophene rings is 1. The molecule has 3 rings (SSSR count). The molecular weight excluding hydrogens is 377 g/mol. The third-order valence-corrected chi connectivity index (χ3v) is 6.29. The lowest BCUT2D eigenvalue weighted by atomic mass is 10.2. The Morgan fingerprint density at radius 2 is 1.88 bits per heavy atom. The predicted molar refractivity (Wildman–Crippen MR) is 85.6 cm³/mol. The number of aryl methyl sites for hydroxylation is 2.